The second-order valence-electron chi connectivity index (χ2n) is 5.15. The molecule has 3 rings (SSSR count). The van der Waals surface area contributed by atoms with Gasteiger partial charge in [-0.05, 0) is 36.8 Å². The smallest absolute Gasteiger partial charge is 0.266 e. The average Bonchev–Trinajstić information content (AvgIpc) is 2.54. The molecule has 0 atom stereocenters. The minimum atomic E-state index is -3.66. The number of benzene rings is 2. The molecule has 4 nitrogen and oxygen atoms in total. The molecule has 0 N–H and O–H groups in total. The van der Waals surface area contributed by atoms with E-state index >= 15 is 0 Å². The predicted molar refractivity (Wildman–Crippen MR) is 88.5 cm³/mol. The van der Waals surface area contributed by atoms with E-state index in [0.29, 0.717) is 11.2 Å². The van der Waals surface area contributed by atoms with Crippen LogP contribution in [-0.2, 0) is 10.0 Å². The molecule has 0 aliphatic heterocycles. The second-order valence-corrected chi connectivity index (χ2v) is 7.09. The molecule has 0 spiro atoms. The van der Waals surface area contributed by atoms with E-state index in [1.165, 1.54) is 4.31 Å². The van der Waals surface area contributed by atoms with E-state index < -0.39 is 10.0 Å². The van der Waals surface area contributed by atoms with E-state index in [1.54, 1.807) is 37.5 Å². The van der Waals surface area contributed by atoms with Crippen LogP contribution in [-0.4, -0.2) is 20.4 Å². The molecule has 0 aliphatic carbocycles. The average molecular weight is 312 g/mol. The molecule has 0 bridgehead atoms. The van der Waals surface area contributed by atoms with Gasteiger partial charge in [-0.2, -0.15) is 0 Å². The molecule has 0 radical (unpaired) electrons. The first-order valence-electron chi connectivity index (χ1n) is 6.89. The van der Waals surface area contributed by atoms with Gasteiger partial charge >= 0.3 is 0 Å². The van der Waals surface area contributed by atoms with Gasteiger partial charge in [0, 0.05) is 18.6 Å². The van der Waals surface area contributed by atoms with Crippen LogP contribution >= 0.6 is 0 Å². The van der Waals surface area contributed by atoms with Crippen molar-refractivity contribution in [1.82, 2.24) is 4.98 Å². The largest absolute Gasteiger partial charge is 0.269 e. The molecule has 5 heteroatoms. The lowest BCUT2D eigenvalue weighted by molar-refractivity contribution is 0.595. The number of nitrogens with zero attached hydrogens (tertiary/aromatic N) is 2. The lowest BCUT2D eigenvalue weighted by Gasteiger charge is -2.20. The Hall–Kier alpha value is -2.40. The number of aryl methyl sites for hydroxylation is 1. The molecule has 1 aromatic heterocycles. The van der Waals surface area contributed by atoms with Gasteiger partial charge in [0.2, 0.25) is 0 Å². The molecule has 0 saturated carbocycles. The Balaban J connectivity index is 2.18. The molecule has 3 aromatic rings. The summed E-state index contributed by atoms with van der Waals surface area (Å²) in [7, 11) is -2.11. The molecular formula is C17H16N2O2S. The van der Waals surface area contributed by atoms with E-state index in [2.05, 4.69) is 4.98 Å². The quantitative estimate of drug-likeness (QED) is 0.745. The van der Waals surface area contributed by atoms with Crippen LogP contribution < -0.4 is 4.31 Å². The second kappa shape index (κ2) is 5.42. The molecule has 22 heavy (non-hydrogen) atoms. The fourth-order valence-electron chi connectivity index (χ4n) is 2.38. The Bertz CT molecular complexity index is 922. The summed E-state index contributed by atoms with van der Waals surface area (Å²) < 4.78 is 27.1. The topological polar surface area (TPSA) is 50.3 Å². The van der Waals surface area contributed by atoms with E-state index in [4.69, 9.17) is 0 Å². The molecule has 0 amide bonds. The molecular weight excluding hydrogens is 296 g/mol. The Morgan fingerprint density at radius 1 is 1.00 bits per heavy atom. The van der Waals surface area contributed by atoms with E-state index in [1.807, 2.05) is 37.3 Å². The Labute approximate surface area is 130 Å². The van der Waals surface area contributed by atoms with Crippen molar-refractivity contribution in [2.24, 2.45) is 0 Å². The summed E-state index contributed by atoms with van der Waals surface area (Å²) in [6, 6.07) is 16.2. The normalized spacial score (nSPS) is 11.5. The third-order valence-electron chi connectivity index (χ3n) is 3.57. The van der Waals surface area contributed by atoms with Gasteiger partial charge in [-0.3, -0.25) is 9.29 Å². The lowest BCUT2D eigenvalue weighted by Crippen LogP contribution is -2.26. The van der Waals surface area contributed by atoms with Gasteiger partial charge in [-0.25, -0.2) is 8.42 Å². The van der Waals surface area contributed by atoms with Gasteiger partial charge in [0.25, 0.3) is 10.0 Å². The van der Waals surface area contributed by atoms with E-state index in [-0.39, 0.29) is 4.90 Å². The van der Waals surface area contributed by atoms with Gasteiger partial charge in [0.1, 0.15) is 4.90 Å². The van der Waals surface area contributed by atoms with Crippen molar-refractivity contribution in [2.45, 2.75) is 11.8 Å². The number of aromatic nitrogens is 1. The maximum Gasteiger partial charge on any atom is 0.266 e. The highest BCUT2D eigenvalue weighted by molar-refractivity contribution is 7.93. The lowest BCUT2D eigenvalue weighted by atomic mass is 10.2. The first kappa shape index (κ1) is 14.5. The monoisotopic (exact) mass is 312 g/mol. The van der Waals surface area contributed by atoms with Gasteiger partial charge in [-0.15, -0.1) is 0 Å². The van der Waals surface area contributed by atoms with Crippen molar-refractivity contribution >= 4 is 26.6 Å². The highest BCUT2D eigenvalue weighted by atomic mass is 32.2. The fourth-order valence-corrected chi connectivity index (χ4v) is 3.73. The highest BCUT2D eigenvalue weighted by Gasteiger charge is 2.24. The van der Waals surface area contributed by atoms with Gasteiger partial charge in [-0.1, -0.05) is 30.3 Å². The predicted octanol–water partition coefficient (Wildman–Crippen LogP) is 3.37. The van der Waals surface area contributed by atoms with Crippen molar-refractivity contribution in [3.8, 4) is 0 Å². The number of anilines is 1. The number of hydrogen-bond acceptors (Lipinski definition) is 3. The summed E-state index contributed by atoms with van der Waals surface area (Å²) in [6.45, 7) is 1.93. The maximum absolute atomic E-state index is 12.9. The SMILES string of the molecule is Cc1cnc2c(S(=O)(=O)N(C)c3ccccc3)cccc2c1. The molecule has 0 fully saturated rings. The summed E-state index contributed by atoms with van der Waals surface area (Å²) in [4.78, 5) is 4.54. The number of sulfonamides is 1. The zero-order chi connectivity index (χ0) is 15.7. The highest BCUT2D eigenvalue weighted by Crippen LogP contribution is 2.27. The molecule has 0 saturated heterocycles. The van der Waals surface area contributed by atoms with E-state index in [9.17, 15) is 8.42 Å². The van der Waals surface area contributed by atoms with Crippen molar-refractivity contribution < 1.29 is 8.42 Å². The summed E-state index contributed by atoms with van der Waals surface area (Å²) >= 11 is 0. The number of pyridine rings is 1. The number of hydrogen-bond donors (Lipinski definition) is 0. The summed E-state index contributed by atoms with van der Waals surface area (Å²) in [5, 5.41) is 0.822. The minimum absolute atomic E-state index is 0.219. The van der Waals surface area contributed by atoms with Crippen LogP contribution in [0, 0.1) is 6.92 Å². The molecule has 0 aliphatic rings. The van der Waals surface area contributed by atoms with Crippen LogP contribution in [0.1, 0.15) is 5.56 Å². The van der Waals surface area contributed by atoms with Crippen LogP contribution in [0.3, 0.4) is 0 Å². The van der Waals surface area contributed by atoms with Crippen molar-refractivity contribution in [1.29, 1.82) is 0 Å². The number of fused-ring (bicyclic) bond motifs is 1. The fraction of sp³-hybridized carbons (Fsp3) is 0.118. The zero-order valence-corrected chi connectivity index (χ0v) is 13.2. The molecule has 0 unspecified atom stereocenters. The number of rotatable bonds is 3. The van der Waals surface area contributed by atoms with Crippen molar-refractivity contribution in [3.05, 3.63) is 66.4 Å². The van der Waals surface area contributed by atoms with Crippen molar-refractivity contribution in [3.63, 3.8) is 0 Å². The Morgan fingerprint density at radius 2 is 1.73 bits per heavy atom. The van der Waals surface area contributed by atoms with Crippen LogP contribution in [0.25, 0.3) is 10.9 Å². The van der Waals surface area contributed by atoms with Crippen LogP contribution in [0.2, 0.25) is 0 Å². The Morgan fingerprint density at radius 3 is 2.45 bits per heavy atom. The van der Waals surface area contributed by atoms with E-state index in [0.717, 1.165) is 10.9 Å². The van der Waals surface area contributed by atoms with Crippen LogP contribution in [0.5, 0.6) is 0 Å². The first-order valence-corrected chi connectivity index (χ1v) is 8.33. The molecule has 1 heterocycles. The van der Waals surface area contributed by atoms with Crippen molar-refractivity contribution in [2.75, 3.05) is 11.4 Å². The minimum Gasteiger partial charge on any atom is -0.269 e. The number of para-hydroxylation sites is 2. The summed E-state index contributed by atoms with van der Waals surface area (Å²) in [5.41, 5.74) is 2.11. The third-order valence-corrected chi connectivity index (χ3v) is 5.39. The maximum atomic E-state index is 12.9. The Kier molecular flexibility index (Phi) is 3.58. The summed E-state index contributed by atoms with van der Waals surface area (Å²) in [6.07, 6.45) is 1.68. The first-order chi connectivity index (χ1) is 10.5. The molecule has 112 valence electrons. The third kappa shape index (κ3) is 2.44. The summed E-state index contributed by atoms with van der Waals surface area (Å²) in [5.74, 6) is 0. The van der Waals surface area contributed by atoms with Crippen LogP contribution in [0.15, 0.2) is 65.7 Å². The van der Waals surface area contributed by atoms with Gasteiger partial charge in [0.05, 0.1) is 11.2 Å². The standard InChI is InChI=1S/C17H16N2O2S/c1-13-11-14-7-6-10-16(17(14)18-12-13)22(20,21)19(2)15-8-4-3-5-9-15/h3-12H,1-2H3. The van der Waals surface area contributed by atoms with Gasteiger partial charge in [0.15, 0.2) is 0 Å². The zero-order valence-electron chi connectivity index (χ0n) is 12.4. The van der Waals surface area contributed by atoms with Crippen LogP contribution in [0.4, 0.5) is 5.69 Å². The van der Waals surface area contributed by atoms with Gasteiger partial charge < -0.3 is 0 Å². The molecule has 2 aromatic carbocycles.